The van der Waals surface area contributed by atoms with Crippen LogP contribution in [-0.4, -0.2) is 36.0 Å². The molecule has 2 fully saturated rings. The molecule has 0 aromatic heterocycles. The average molecular weight is 175 g/mol. The van der Waals surface area contributed by atoms with Gasteiger partial charge in [-0.1, -0.05) is 0 Å². The molecule has 2 heterocycles. The van der Waals surface area contributed by atoms with E-state index < -0.39 is 6.17 Å². The Bertz CT molecular complexity index is 186. The number of halogens is 1. The zero-order valence-electron chi connectivity index (χ0n) is 7.42. The Hall–Kier alpha value is -0.190. The molecule has 2 saturated heterocycles. The van der Waals surface area contributed by atoms with Crippen molar-refractivity contribution in [2.45, 2.75) is 38.3 Å². The van der Waals surface area contributed by atoms with E-state index in [0.717, 1.165) is 6.54 Å². The SMILES string of the molecule is CC1(C)CN2C[C@H](F)C[C@@H]2OO1. The highest BCUT2D eigenvalue weighted by atomic mass is 19.1. The van der Waals surface area contributed by atoms with Gasteiger partial charge in [-0.05, 0) is 13.8 Å². The van der Waals surface area contributed by atoms with E-state index in [1.54, 1.807) is 0 Å². The molecule has 2 aliphatic rings. The van der Waals surface area contributed by atoms with Crippen molar-refractivity contribution in [3.8, 4) is 0 Å². The van der Waals surface area contributed by atoms with Gasteiger partial charge in [0.1, 0.15) is 18.0 Å². The van der Waals surface area contributed by atoms with Crippen LogP contribution in [0.4, 0.5) is 4.39 Å². The summed E-state index contributed by atoms with van der Waals surface area (Å²) < 4.78 is 12.9. The highest BCUT2D eigenvalue weighted by Gasteiger charge is 2.42. The minimum atomic E-state index is -0.757. The van der Waals surface area contributed by atoms with Crippen LogP contribution in [0.2, 0.25) is 0 Å². The lowest BCUT2D eigenvalue weighted by molar-refractivity contribution is -0.425. The first-order valence-electron chi connectivity index (χ1n) is 4.29. The number of hydrogen-bond donors (Lipinski definition) is 0. The maximum Gasteiger partial charge on any atom is 0.149 e. The van der Waals surface area contributed by atoms with Crippen molar-refractivity contribution in [1.82, 2.24) is 4.90 Å². The fourth-order valence-electron chi connectivity index (χ4n) is 1.78. The lowest BCUT2D eigenvalue weighted by Gasteiger charge is -2.38. The zero-order chi connectivity index (χ0) is 8.77. The molecule has 0 bridgehead atoms. The van der Waals surface area contributed by atoms with Gasteiger partial charge in [0.25, 0.3) is 0 Å². The van der Waals surface area contributed by atoms with Crippen LogP contribution < -0.4 is 0 Å². The van der Waals surface area contributed by atoms with Gasteiger partial charge in [-0.25, -0.2) is 14.2 Å². The van der Waals surface area contributed by atoms with Crippen LogP contribution in [0.5, 0.6) is 0 Å². The number of alkyl halides is 1. The fourth-order valence-corrected chi connectivity index (χ4v) is 1.78. The summed E-state index contributed by atoms with van der Waals surface area (Å²) in [5, 5.41) is 0. The summed E-state index contributed by atoms with van der Waals surface area (Å²) >= 11 is 0. The van der Waals surface area contributed by atoms with Gasteiger partial charge in [-0.3, -0.25) is 4.90 Å². The van der Waals surface area contributed by atoms with Gasteiger partial charge in [0, 0.05) is 19.5 Å². The van der Waals surface area contributed by atoms with Gasteiger partial charge < -0.3 is 0 Å². The largest absolute Gasteiger partial charge is 0.270 e. The smallest absolute Gasteiger partial charge is 0.149 e. The van der Waals surface area contributed by atoms with Crippen LogP contribution in [-0.2, 0) is 9.78 Å². The molecule has 0 N–H and O–H groups in total. The molecule has 2 atom stereocenters. The predicted octanol–water partition coefficient (Wildman–Crippen LogP) is 1.10. The Morgan fingerprint density at radius 2 is 2.25 bits per heavy atom. The van der Waals surface area contributed by atoms with Crippen molar-refractivity contribution < 1.29 is 14.2 Å². The van der Waals surface area contributed by atoms with Crippen LogP contribution in [0.25, 0.3) is 0 Å². The third-order valence-electron chi connectivity index (χ3n) is 2.27. The van der Waals surface area contributed by atoms with Crippen molar-refractivity contribution in [3.63, 3.8) is 0 Å². The highest BCUT2D eigenvalue weighted by molar-refractivity contribution is 4.86. The summed E-state index contributed by atoms with van der Waals surface area (Å²) in [6, 6.07) is 0. The maximum absolute atomic E-state index is 12.9. The zero-order valence-corrected chi connectivity index (χ0v) is 7.42. The molecule has 0 saturated carbocycles. The minimum absolute atomic E-state index is 0.159. The first-order valence-corrected chi connectivity index (χ1v) is 4.29. The van der Waals surface area contributed by atoms with E-state index in [4.69, 9.17) is 9.78 Å². The van der Waals surface area contributed by atoms with E-state index in [1.807, 2.05) is 18.7 Å². The van der Waals surface area contributed by atoms with Crippen molar-refractivity contribution >= 4 is 0 Å². The van der Waals surface area contributed by atoms with Gasteiger partial charge in [-0.15, -0.1) is 0 Å². The van der Waals surface area contributed by atoms with E-state index in [9.17, 15) is 4.39 Å². The Kier molecular flexibility index (Phi) is 1.86. The van der Waals surface area contributed by atoms with Crippen LogP contribution in [0.1, 0.15) is 20.3 Å². The van der Waals surface area contributed by atoms with Gasteiger partial charge in [0.05, 0.1) is 0 Å². The first-order chi connectivity index (χ1) is 5.57. The molecule has 70 valence electrons. The summed E-state index contributed by atoms with van der Waals surface area (Å²) in [5.74, 6) is 0. The van der Waals surface area contributed by atoms with Crippen LogP contribution >= 0.6 is 0 Å². The Morgan fingerprint density at radius 1 is 1.50 bits per heavy atom. The molecule has 0 spiro atoms. The second-order valence-electron chi connectivity index (χ2n) is 4.16. The van der Waals surface area contributed by atoms with Crippen molar-refractivity contribution in [2.75, 3.05) is 13.1 Å². The minimum Gasteiger partial charge on any atom is -0.270 e. The second-order valence-corrected chi connectivity index (χ2v) is 4.16. The van der Waals surface area contributed by atoms with Crippen molar-refractivity contribution in [2.24, 2.45) is 0 Å². The molecular weight excluding hydrogens is 161 g/mol. The second kappa shape index (κ2) is 2.65. The summed E-state index contributed by atoms with van der Waals surface area (Å²) in [4.78, 5) is 12.2. The first kappa shape index (κ1) is 8.41. The quantitative estimate of drug-likeness (QED) is 0.514. The molecule has 0 aromatic rings. The molecule has 2 rings (SSSR count). The van der Waals surface area contributed by atoms with E-state index in [0.29, 0.717) is 13.0 Å². The van der Waals surface area contributed by atoms with Crippen LogP contribution in [0.3, 0.4) is 0 Å². The number of hydrogen-bond acceptors (Lipinski definition) is 3. The topological polar surface area (TPSA) is 21.7 Å². The van der Waals surface area contributed by atoms with Gasteiger partial charge in [0.15, 0.2) is 0 Å². The van der Waals surface area contributed by atoms with E-state index in [-0.39, 0.29) is 11.8 Å². The van der Waals surface area contributed by atoms with E-state index in [2.05, 4.69) is 0 Å². The van der Waals surface area contributed by atoms with Crippen molar-refractivity contribution in [3.05, 3.63) is 0 Å². The predicted molar refractivity (Wildman–Crippen MR) is 41.1 cm³/mol. The Balaban J connectivity index is 2.02. The monoisotopic (exact) mass is 175 g/mol. The molecular formula is C8H14FNO2. The van der Waals surface area contributed by atoms with Gasteiger partial charge >= 0.3 is 0 Å². The summed E-state index contributed by atoms with van der Waals surface area (Å²) in [7, 11) is 0. The lowest BCUT2D eigenvalue weighted by Crippen LogP contribution is -2.50. The maximum atomic E-state index is 12.9. The molecule has 0 aromatic carbocycles. The Labute approximate surface area is 71.4 Å². The normalized spacial score (nSPS) is 41.2. The lowest BCUT2D eigenvalue weighted by atomic mass is 10.1. The standard InChI is InChI=1S/C8H14FNO2/c1-8(2)5-10-4-6(9)3-7(10)11-12-8/h6-7H,3-5H2,1-2H3/t6-,7+/m1/s1. The molecule has 0 aliphatic carbocycles. The number of nitrogens with zero attached hydrogens (tertiary/aromatic N) is 1. The summed E-state index contributed by atoms with van der Waals surface area (Å²) in [6.45, 7) is 5.11. The number of rotatable bonds is 0. The molecule has 4 heteroatoms. The fraction of sp³-hybridized carbons (Fsp3) is 1.00. The van der Waals surface area contributed by atoms with E-state index in [1.165, 1.54) is 0 Å². The van der Waals surface area contributed by atoms with Crippen LogP contribution in [0.15, 0.2) is 0 Å². The van der Waals surface area contributed by atoms with Gasteiger partial charge in [-0.2, -0.15) is 0 Å². The third kappa shape index (κ3) is 1.46. The molecule has 12 heavy (non-hydrogen) atoms. The molecule has 0 unspecified atom stereocenters. The Morgan fingerprint density at radius 3 is 3.00 bits per heavy atom. The molecule has 2 aliphatic heterocycles. The highest BCUT2D eigenvalue weighted by Crippen LogP contribution is 2.29. The van der Waals surface area contributed by atoms with Gasteiger partial charge in [0.2, 0.25) is 0 Å². The summed E-state index contributed by atoms with van der Waals surface area (Å²) in [6.07, 6.45) is -0.476. The summed E-state index contributed by atoms with van der Waals surface area (Å²) in [5.41, 5.74) is -0.305. The van der Waals surface area contributed by atoms with E-state index >= 15 is 0 Å². The average Bonchev–Trinajstić information content (AvgIpc) is 2.26. The van der Waals surface area contributed by atoms with Crippen LogP contribution in [0, 0.1) is 0 Å². The third-order valence-corrected chi connectivity index (χ3v) is 2.27. The van der Waals surface area contributed by atoms with Crippen molar-refractivity contribution in [1.29, 1.82) is 0 Å². The number of fused-ring (bicyclic) bond motifs is 1. The molecule has 0 amide bonds. The molecule has 3 nitrogen and oxygen atoms in total. The molecule has 0 radical (unpaired) electrons.